The molecule has 0 unspecified atom stereocenters. The van der Waals surface area contributed by atoms with Crippen molar-refractivity contribution < 1.29 is 14.6 Å². The minimum atomic E-state index is -0.906. The Morgan fingerprint density at radius 2 is 1.91 bits per heavy atom. The molecule has 2 aromatic rings. The summed E-state index contributed by atoms with van der Waals surface area (Å²) in [7, 11) is 0. The number of benzene rings is 2. The molecule has 0 aliphatic heterocycles. The van der Waals surface area contributed by atoms with E-state index in [1.54, 1.807) is 12.1 Å². The molecule has 0 atom stereocenters. The van der Waals surface area contributed by atoms with E-state index in [-0.39, 0.29) is 5.41 Å². The number of carboxylic acid groups (broad SMARTS) is 1. The lowest BCUT2D eigenvalue weighted by molar-refractivity contribution is 0.0697. The van der Waals surface area contributed by atoms with Crippen molar-refractivity contribution in [2.75, 3.05) is 18.5 Å². The summed E-state index contributed by atoms with van der Waals surface area (Å²) in [6.07, 6.45) is 6.46. The smallest absolute Gasteiger partial charge is 0.335 e. The summed E-state index contributed by atoms with van der Waals surface area (Å²) in [4.78, 5) is 11.1. The maximum absolute atomic E-state index is 11.1. The number of fused-ring (bicyclic) bond motifs is 1. The standard InChI is InChI=1S/C28H37NO3/c1-6-7-16-32-26-18-25-24(23(19(2)3)12-14-28(25,4)5)17-21(26)13-15-29-22-10-8-20(9-11-22)27(30)31/h8-12,17-19,29H,6-7,13-16H2,1-5H3,(H,30,31). The van der Waals surface area contributed by atoms with Crippen LogP contribution in [0, 0.1) is 5.92 Å². The Hall–Kier alpha value is -2.75. The molecule has 0 aromatic heterocycles. The lowest BCUT2D eigenvalue weighted by Crippen LogP contribution is -2.23. The van der Waals surface area contributed by atoms with E-state index in [1.165, 1.54) is 22.3 Å². The molecule has 1 aliphatic carbocycles. The van der Waals surface area contributed by atoms with Gasteiger partial charge in [-0.05, 0) is 89.3 Å². The maximum Gasteiger partial charge on any atom is 0.335 e. The second-order valence-corrected chi connectivity index (χ2v) is 9.67. The quantitative estimate of drug-likeness (QED) is 0.397. The molecule has 0 fully saturated rings. The zero-order valence-corrected chi connectivity index (χ0v) is 20.1. The van der Waals surface area contributed by atoms with E-state index >= 15 is 0 Å². The van der Waals surface area contributed by atoms with Gasteiger partial charge in [-0.1, -0.05) is 47.1 Å². The molecular weight excluding hydrogens is 398 g/mol. The number of carboxylic acids is 1. The minimum absolute atomic E-state index is 0.0965. The van der Waals surface area contributed by atoms with Crippen molar-refractivity contribution in [3.05, 3.63) is 64.7 Å². The molecule has 2 N–H and O–H groups in total. The van der Waals surface area contributed by atoms with Crippen molar-refractivity contribution in [2.24, 2.45) is 5.92 Å². The Balaban J connectivity index is 1.85. The summed E-state index contributed by atoms with van der Waals surface area (Å²) < 4.78 is 6.27. The molecule has 4 nitrogen and oxygen atoms in total. The van der Waals surface area contributed by atoms with E-state index < -0.39 is 5.97 Å². The number of nitrogens with one attached hydrogen (secondary N) is 1. The summed E-state index contributed by atoms with van der Waals surface area (Å²) in [6.45, 7) is 12.8. The molecule has 0 saturated heterocycles. The fraction of sp³-hybridized carbons (Fsp3) is 0.464. The summed E-state index contributed by atoms with van der Waals surface area (Å²) in [5.74, 6) is 0.574. The number of carbonyl (C=O) groups is 1. The number of anilines is 1. The van der Waals surface area contributed by atoms with Gasteiger partial charge in [0.05, 0.1) is 12.2 Å². The fourth-order valence-electron chi connectivity index (χ4n) is 4.28. The first-order chi connectivity index (χ1) is 15.2. The summed E-state index contributed by atoms with van der Waals surface area (Å²) in [5, 5.41) is 12.5. The zero-order chi connectivity index (χ0) is 23.3. The van der Waals surface area contributed by atoms with Gasteiger partial charge < -0.3 is 15.2 Å². The van der Waals surface area contributed by atoms with E-state index in [0.29, 0.717) is 11.5 Å². The average Bonchev–Trinajstić information content (AvgIpc) is 2.74. The molecule has 0 bridgehead atoms. The summed E-state index contributed by atoms with van der Waals surface area (Å²) >= 11 is 0. The Bertz CT molecular complexity index is 971. The van der Waals surface area contributed by atoms with Gasteiger partial charge in [0, 0.05) is 12.2 Å². The van der Waals surface area contributed by atoms with Gasteiger partial charge in [-0.3, -0.25) is 0 Å². The van der Waals surface area contributed by atoms with E-state index in [0.717, 1.165) is 50.3 Å². The van der Waals surface area contributed by atoms with Gasteiger partial charge in [0.2, 0.25) is 0 Å². The first kappa shape index (κ1) is 23.9. The second-order valence-electron chi connectivity index (χ2n) is 9.67. The maximum atomic E-state index is 11.1. The van der Waals surface area contributed by atoms with Crippen molar-refractivity contribution in [2.45, 2.75) is 65.7 Å². The van der Waals surface area contributed by atoms with Gasteiger partial charge in [0.1, 0.15) is 5.75 Å². The normalized spacial score (nSPS) is 14.6. The molecule has 0 saturated carbocycles. The van der Waals surface area contributed by atoms with Crippen molar-refractivity contribution >= 4 is 17.2 Å². The van der Waals surface area contributed by atoms with E-state index in [2.05, 4.69) is 58.1 Å². The number of ether oxygens (including phenoxy) is 1. The zero-order valence-electron chi connectivity index (χ0n) is 20.1. The molecule has 2 aromatic carbocycles. The highest BCUT2D eigenvalue weighted by atomic mass is 16.5. The molecule has 172 valence electrons. The molecule has 0 spiro atoms. The van der Waals surface area contributed by atoms with Crippen molar-refractivity contribution in [3.8, 4) is 5.75 Å². The van der Waals surface area contributed by atoms with Crippen LogP contribution in [0.25, 0.3) is 5.57 Å². The van der Waals surface area contributed by atoms with Crippen LogP contribution in [-0.2, 0) is 11.8 Å². The van der Waals surface area contributed by atoms with Gasteiger partial charge >= 0.3 is 5.97 Å². The van der Waals surface area contributed by atoms with Crippen molar-refractivity contribution in [1.82, 2.24) is 0 Å². The lowest BCUT2D eigenvalue weighted by Gasteiger charge is -2.34. The number of rotatable bonds is 10. The molecule has 3 rings (SSSR count). The van der Waals surface area contributed by atoms with Gasteiger partial charge in [-0.2, -0.15) is 0 Å². The van der Waals surface area contributed by atoms with E-state index in [4.69, 9.17) is 9.84 Å². The highest BCUT2D eigenvalue weighted by Gasteiger charge is 2.30. The molecule has 4 heteroatoms. The summed E-state index contributed by atoms with van der Waals surface area (Å²) in [6, 6.07) is 11.5. The fourth-order valence-corrected chi connectivity index (χ4v) is 4.28. The van der Waals surface area contributed by atoms with Crippen molar-refractivity contribution in [1.29, 1.82) is 0 Å². The topological polar surface area (TPSA) is 58.6 Å². The molecule has 0 radical (unpaired) electrons. The van der Waals surface area contributed by atoms with Crippen molar-refractivity contribution in [3.63, 3.8) is 0 Å². The molecule has 32 heavy (non-hydrogen) atoms. The minimum Gasteiger partial charge on any atom is -0.493 e. The largest absolute Gasteiger partial charge is 0.493 e. The third-order valence-corrected chi connectivity index (χ3v) is 6.31. The molecule has 0 amide bonds. The average molecular weight is 436 g/mol. The van der Waals surface area contributed by atoms with Gasteiger partial charge in [0.25, 0.3) is 0 Å². The predicted molar refractivity (Wildman–Crippen MR) is 133 cm³/mol. The number of hydrogen-bond acceptors (Lipinski definition) is 3. The number of allylic oxidation sites excluding steroid dienone is 2. The van der Waals surface area contributed by atoms with Crippen LogP contribution in [0.1, 0.15) is 80.9 Å². The van der Waals surface area contributed by atoms with Crippen LogP contribution in [-0.4, -0.2) is 24.2 Å². The van der Waals surface area contributed by atoms with Crippen LogP contribution in [0.4, 0.5) is 5.69 Å². The monoisotopic (exact) mass is 435 g/mol. The third kappa shape index (κ3) is 5.53. The third-order valence-electron chi connectivity index (χ3n) is 6.31. The molecule has 0 heterocycles. The highest BCUT2D eigenvalue weighted by molar-refractivity contribution is 5.88. The van der Waals surface area contributed by atoms with Crippen LogP contribution in [0.15, 0.2) is 42.5 Å². The second kappa shape index (κ2) is 10.2. The first-order valence-corrected chi connectivity index (χ1v) is 11.8. The van der Waals surface area contributed by atoms with Crippen LogP contribution in [0.2, 0.25) is 0 Å². The summed E-state index contributed by atoms with van der Waals surface area (Å²) in [5.41, 5.74) is 6.71. The van der Waals surface area contributed by atoms with Gasteiger partial charge in [0.15, 0.2) is 0 Å². The van der Waals surface area contributed by atoms with Crippen LogP contribution < -0.4 is 10.1 Å². The lowest BCUT2D eigenvalue weighted by atomic mass is 9.71. The first-order valence-electron chi connectivity index (χ1n) is 11.8. The number of hydrogen-bond donors (Lipinski definition) is 2. The van der Waals surface area contributed by atoms with Crippen LogP contribution in [0.5, 0.6) is 5.75 Å². The number of aromatic carboxylic acids is 1. The van der Waals surface area contributed by atoms with E-state index in [1.807, 2.05) is 12.1 Å². The predicted octanol–water partition coefficient (Wildman–Crippen LogP) is 6.94. The highest BCUT2D eigenvalue weighted by Crippen LogP contribution is 2.44. The number of unbranched alkanes of at least 4 members (excludes halogenated alkanes) is 1. The van der Waals surface area contributed by atoms with Gasteiger partial charge in [-0.25, -0.2) is 4.79 Å². The Labute approximate surface area is 192 Å². The SMILES string of the molecule is CCCCOc1cc2c(cc1CCNc1ccc(C(=O)O)cc1)C(C(C)C)=CCC2(C)C. The Morgan fingerprint density at radius 1 is 1.19 bits per heavy atom. The van der Waals surface area contributed by atoms with E-state index in [9.17, 15) is 4.79 Å². The van der Waals surface area contributed by atoms with Crippen LogP contribution >= 0.6 is 0 Å². The molecule has 1 aliphatic rings. The molecular formula is C28H37NO3. The Morgan fingerprint density at radius 3 is 2.53 bits per heavy atom. The van der Waals surface area contributed by atoms with Crippen LogP contribution in [0.3, 0.4) is 0 Å². The van der Waals surface area contributed by atoms with Gasteiger partial charge in [-0.15, -0.1) is 0 Å². The Kier molecular flexibility index (Phi) is 7.65.